The highest BCUT2D eigenvalue weighted by atomic mass is 32.2. The van der Waals surface area contributed by atoms with Crippen molar-refractivity contribution in [3.05, 3.63) is 45.8 Å². The zero-order valence-corrected chi connectivity index (χ0v) is 22.9. The summed E-state index contributed by atoms with van der Waals surface area (Å²) in [6, 6.07) is 5.24. The van der Waals surface area contributed by atoms with E-state index < -0.39 is 27.9 Å². The molecule has 4 amide bonds. The van der Waals surface area contributed by atoms with Crippen LogP contribution >= 0.6 is 11.3 Å². The van der Waals surface area contributed by atoms with Crippen molar-refractivity contribution in [2.24, 2.45) is 0 Å². The number of amides is 4. The predicted molar refractivity (Wildman–Crippen MR) is 142 cm³/mol. The smallest absolute Gasteiger partial charge is 0.321 e. The molecule has 10 nitrogen and oxygen atoms in total. The molecule has 37 heavy (non-hydrogen) atoms. The van der Waals surface area contributed by atoms with Gasteiger partial charge in [-0.15, -0.1) is 11.3 Å². The van der Waals surface area contributed by atoms with Crippen LogP contribution in [-0.2, 0) is 23.0 Å². The number of carbonyl (C=O) groups is 3. The van der Waals surface area contributed by atoms with Gasteiger partial charge in [-0.05, 0) is 62.6 Å². The lowest BCUT2D eigenvalue weighted by atomic mass is 10.0. The van der Waals surface area contributed by atoms with Gasteiger partial charge in [-0.25, -0.2) is 13.2 Å². The van der Waals surface area contributed by atoms with Crippen LogP contribution in [0.15, 0.2) is 29.2 Å². The van der Waals surface area contributed by atoms with Crippen LogP contribution in [-0.4, -0.2) is 68.7 Å². The van der Waals surface area contributed by atoms with Gasteiger partial charge >= 0.3 is 6.03 Å². The van der Waals surface area contributed by atoms with E-state index in [2.05, 4.69) is 20.9 Å². The second-order valence-electron chi connectivity index (χ2n) is 9.38. The van der Waals surface area contributed by atoms with E-state index in [1.807, 2.05) is 14.0 Å². The van der Waals surface area contributed by atoms with Gasteiger partial charge in [0.1, 0.15) is 5.00 Å². The van der Waals surface area contributed by atoms with Crippen molar-refractivity contribution in [3.63, 3.8) is 0 Å². The lowest BCUT2D eigenvalue weighted by Gasteiger charge is -2.34. The summed E-state index contributed by atoms with van der Waals surface area (Å²) in [6.07, 6.45) is 4.10. The van der Waals surface area contributed by atoms with E-state index in [1.165, 1.54) is 42.6 Å². The number of nitrogens with one attached hydrogen (secondary N) is 3. The van der Waals surface area contributed by atoms with Gasteiger partial charge < -0.3 is 15.5 Å². The van der Waals surface area contributed by atoms with Crippen LogP contribution in [0.2, 0.25) is 0 Å². The molecule has 2 aromatic rings. The first kappa shape index (κ1) is 27.2. The Labute approximate surface area is 221 Å². The Morgan fingerprint density at radius 3 is 2.49 bits per heavy atom. The van der Waals surface area contributed by atoms with Gasteiger partial charge in [0.2, 0.25) is 10.0 Å². The second-order valence-corrected chi connectivity index (χ2v) is 12.4. The Balaban J connectivity index is 1.57. The molecular weight excluding hydrogens is 514 g/mol. The van der Waals surface area contributed by atoms with Gasteiger partial charge in [0, 0.05) is 43.2 Å². The number of sulfonamides is 1. The molecule has 1 aromatic carbocycles. The van der Waals surface area contributed by atoms with Crippen LogP contribution in [0.1, 0.15) is 63.8 Å². The fourth-order valence-electron chi connectivity index (χ4n) is 4.87. The Bertz CT molecular complexity index is 1290. The van der Waals surface area contributed by atoms with Gasteiger partial charge in [-0.2, -0.15) is 4.31 Å². The van der Waals surface area contributed by atoms with Crippen LogP contribution in [0.5, 0.6) is 0 Å². The van der Waals surface area contributed by atoms with E-state index >= 15 is 0 Å². The summed E-state index contributed by atoms with van der Waals surface area (Å²) in [5, 5.41) is 7.84. The Hall–Kier alpha value is -2.80. The van der Waals surface area contributed by atoms with Gasteiger partial charge in [-0.3, -0.25) is 14.9 Å². The number of benzene rings is 1. The SMILES string of the molecule is CCC1CCCCN1S(=O)(=O)c1ccc(C(=O)Nc2sc3c(c2C(=O)NC(=O)NC)CCN(C)C3)cc1. The van der Waals surface area contributed by atoms with Crippen LogP contribution < -0.4 is 16.0 Å². The Morgan fingerprint density at radius 1 is 1.08 bits per heavy atom. The van der Waals surface area contributed by atoms with E-state index in [4.69, 9.17) is 0 Å². The van der Waals surface area contributed by atoms with E-state index in [1.54, 1.807) is 4.31 Å². The summed E-state index contributed by atoms with van der Waals surface area (Å²) in [5.41, 5.74) is 1.39. The molecule has 200 valence electrons. The molecule has 0 bridgehead atoms. The summed E-state index contributed by atoms with van der Waals surface area (Å²) >= 11 is 1.31. The number of anilines is 1. The Kier molecular flexibility index (Phi) is 8.32. The molecule has 1 fully saturated rings. The topological polar surface area (TPSA) is 128 Å². The molecule has 1 saturated heterocycles. The van der Waals surface area contributed by atoms with Gasteiger partial charge in [0.05, 0.1) is 10.5 Å². The third-order valence-corrected chi connectivity index (χ3v) is 10.0. The standard InChI is InChI=1S/C25H33N5O5S2/c1-4-17-7-5-6-13-30(17)37(34,35)18-10-8-16(9-11-18)22(31)27-24-21(23(32)28-25(33)26-2)19-12-14-29(3)15-20(19)36-24/h8-11,17H,4-7,12-15H2,1-3H3,(H,27,31)(H2,26,28,32,33). The van der Waals surface area contributed by atoms with Crippen molar-refractivity contribution >= 4 is 44.2 Å². The van der Waals surface area contributed by atoms with Crippen LogP contribution in [0.25, 0.3) is 0 Å². The fraction of sp³-hybridized carbons (Fsp3) is 0.480. The molecule has 4 rings (SSSR count). The van der Waals surface area contributed by atoms with E-state index in [9.17, 15) is 22.8 Å². The van der Waals surface area contributed by atoms with Gasteiger partial charge in [-0.1, -0.05) is 13.3 Å². The first-order valence-corrected chi connectivity index (χ1v) is 14.7. The van der Waals surface area contributed by atoms with Crippen molar-refractivity contribution in [1.29, 1.82) is 0 Å². The van der Waals surface area contributed by atoms with E-state index in [-0.39, 0.29) is 16.5 Å². The van der Waals surface area contributed by atoms with Crippen LogP contribution in [0.3, 0.4) is 0 Å². The number of fused-ring (bicyclic) bond motifs is 1. The molecule has 12 heteroatoms. The summed E-state index contributed by atoms with van der Waals surface area (Å²) in [5.74, 6) is -1.04. The first-order chi connectivity index (χ1) is 17.6. The lowest BCUT2D eigenvalue weighted by molar-refractivity contribution is 0.0964. The monoisotopic (exact) mass is 547 g/mol. The number of piperidine rings is 1. The summed E-state index contributed by atoms with van der Waals surface area (Å²) in [4.78, 5) is 41.0. The zero-order chi connectivity index (χ0) is 26.7. The highest BCUT2D eigenvalue weighted by Gasteiger charge is 2.33. The van der Waals surface area contributed by atoms with Crippen molar-refractivity contribution in [2.45, 2.75) is 56.5 Å². The van der Waals surface area contributed by atoms with Gasteiger partial charge in [0.25, 0.3) is 11.8 Å². The number of carbonyl (C=O) groups excluding carboxylic acids is 3. The number of rotatable bonds is 6. The molecule has 0 spiro atoms. The van der Waals surface area contributed by atoms with E-state index in [0.29, 0.717) is 30.1 Å². The maximum atomic E-state index is 13.2. The quantitative estimate of drug-likeness (QED) is 0.510. The number of urea groups is 1. The van der Waals surface area contributed by atoms with Crippen LogP contribution in [0.4, 0.5) is 9.80 Å². The molecule has 2 aliphatic heterocycles. The second kappa shape index (κ2) is 11.3. The molecule has 1 aromatic heterocycles. The summed E-state index contributed by atoms with van der Waals surface area (Å²) in [6.45, 7) is 3.89. The van der Waals surface area contributed by atoms with Crippen LogP contribution in [0, 0.1) is 0 Å². The molecular formula is C25H33N5O5S2. The maximum Gasteiger partial charge on any atom is 0.321 e. The molecule has 0 radical (unpaired) electrons. The largest absolute Gasteiger partial charge is 0.341 e. The minimum atomic E-state index is -3.66. The maximum absolute atomic E-state index is 13.2. The fourth-order valence-corrected chi connectivity index (χ4v) is 7.96. The van der Waals surface area contributed by atoms with Crippen molar-refractivity contribution < 1.29 is 22.8 Å². The minimum absolute atomic E-state index is 0.00927. The molecule has 3 heterocycles. The third-order valence-electron chi connectivity index (χ3n) is 6.92. The summed E-state index contributed by atoms with van der Waals surface area (Å²) in [7, 11) is -0.259. The number of hydrogen-bond acceptors (Lipinski definition) is 7. The molecule has 1 unspecified atom stereocenters. The molecule has 3 N–H and O–H groups in total. The minimum Gasteiger partial charge on any atom is -0.341 e. The average Bonchev–Trinajstić information content (AvgIpc) is 3.25. The zero-order valence-electron chi connectivity index (χ0n) is 21.3. The normalized spacial score (nSPS) is 18.6. The lowest BCUT2D eigenvalue weighted by Crippen LogP contribution is -2.43. The molecule has 2 aliphatic rings. The molecule has 0 saturated carbocycles. The van der Waals surface area contributed by atoms with E-state index in [0.717, 1.165) is 42.7 Å². The first-order valence-electron chi connectivity index (χ1n) is 12.4. The number of imide groups is 1. The van der Waals surface area contributed by atoms with Crippen molar-refractivity contribution in [3.8, 4) is 0 Å². The predicted octanol–water partition coefficient (Wildman–Crippen LogP) is 3.01. The number of hydrogen-bond donors (Lipinski definition) is 3. The highest BCUT2D eigenvalue weighted by Crippen LogP contribution is 2.37. The average molecular weight is 548 g/mol. The van der Waals surface area contributed by atoms with Crippen molar-refractivity contribution in [1.82, 2.24) is 19.8 Å². The summed E-state index contributed by atoms with van der Waals surface area (Å²) < 4.78 is 28.1. The molecule has 1 atom stereocenters. The number of thiophene rings is 1. The van der Waals surface area contributed by atoms with Gasteiger partial charge in [0.15, 0.2) is 0 Å². The number of nitrogens with zero attached hydrogens (tertiary/aromatic N) is 2. The third kappa shape index (κ3) is 5.71. The Morgan fingerprint density at radius 2 is 1.81 bits per heavy atom. The van der Waals surface area contributed by atoms with Crippen molar-refractivity contribution in [2.75, 3.05) is 32.5 Å². The number of likely N-dealkylation sites (N-methyl/N-ethyl adjacent to an activating group) is 1. The molecule has 0 aliphatic carbocycles. The highest BCUT2D eigenvalue weighted by molar-refractivity contribution is 7.89.